The zero-order valence-corrected chi connectivity index (χ0v) is 14.8. The third-order valence-corrected chi connectivity index (χ3v) is 3.35. The summed E-state index contributed by atoms with van der Waals surface area (Å²) in [5.41, 5.74) is 0.851. The lowest BCUT2D eigenvalue weighted by atomic mass is 10.1. The predicted octanol–water partition coefficient (Wildman–Crippen LogP) is 1.93. The minimum Gasteiger partial charge on any atom is -0.465 e. The Balaban J connectivity index is 2.97. The number of halogens is 1. The second-order valence-electron chi connectivity index (χ2n) is 3.86. The molecule has 1 aromatic heterocycles. The van der Waals surface area contributed by atoms with Gasteiger partial charge in [-0.2, -0.15) is 0 Å². The van der Waals surface area contributed by atoms with Crippen molar-refractivity contribution in [2.24, 2.45) is 0 Å². The number of hydrogen-bond donors (Lipinski definition) is 2. The SMILES string of the molecule is CCOC(=O)CNC(=O)c1ncc(C#CSI)c(C)c1OO. The second kappa shape index (κ2) is 9.50. The van der Waals surface area contributed by atoms with Gasteiger partial charge in [-0.05, 0) is 28.0 Å². The lowest BCUT2D eigenvalue weighted by Gasteiger charge is -2.10. The minimum atomic E-state index is -0.664. The molecule has 118 valence electrons. The summed E-state index contributed by atoms with van der Waals surface area (Å²) in [6, 6.07) is 0. The fourth-order valence-electron chi connectivity index (χ4n) is 1.51. The van der Waals surface area contributed by atoms with Gasteiger partial charge < -0.3 is 14.9 Å². The third-order valence-electron chi connectivity index (χ3n) is 2.51. The summed E-state index contributed by atoms with van der Waals surface area (Å²) < 4.78 is 4.70. The Kier molecular flexibility index (Phi) is 8.00. The van der Waals surface area contributed by atoms with Gasteiger partial charge in [-0.25, -0.2) is 10.2 Å². The van der Waals surface area contributed by atoms with E-state index < -0.39 is 11.9 Å². The molecule has 9 heteroatoms. The van der Waals surface area contributed by atoms with Crippen LogP contribution >= 0.6 is 30.1 Å². The van der Waals surface area contributed by atoms with Crippen LogP contribution in [0.15, 0.2) is 6.20 Å². The number of pyridine rings is 1. The van der Waals surface area contributed by atoms with Crippen molar-refractivity contribution in [3.8, 4) is 16.9 Å². The maximum absolute atomic E-state index is 12.0. The summed E-state index contributed by atoms with van der Waals surface area (Å²) in [7, 11) is 1.29. The monoisotopic (exact) mass is 436 g/mol. The molecule has 0 saturated heterocycles. The molecule has 0 aliphatic rings. The molecule has 0 unspecified atom stereocenters. The Labute approximate surface area is 143 Å². The Morgan fingerprint density at radius 1 is 1.55 bits per heavy atom. The molecule has 2 N–H and O–H groups in total. The van der Waals surface area contributed by atoms with Gasteiger partial charge in [-0.1, -0.05) is 5.92 Å². The number of carbonyl (C=O) groups excluding carboxylic acids is 2. The predicted molar refractivity (Wildman–Crippen MR) is 89.7 cm³/mol. The number of carbonyl (C=O) groups is 2. The van der Waals surface area contributed by atoms with Crippen LogP contribution in [0.25, 0.3) is 0 Å². The molecule has 0 saturated carbocycles. The molecular weight excluding hydrogens is 423 g/mol. The molecule has 0 aromatic carbocycles. The topological polar surface area (TPSA) is 97.8 Å². The molecule has 0 spiro atoms. The lowest BCUT2D eigenvalue weighted by Crippen LogP contribution is -2.31. The molecule has 0 bridgehead atoms. The van der Waals surface area contributed by atoms with Gasteiger partial charge in [0, 0.05) is 33.0 Å². The van der Waals surface area contributed by atoms with E-state index in [9.17, 15) is 9.59 Å². The van der Waals surface area contributed by atoms with Gasteiger partial charge in [0.15, 0.2) is 5.69 Å². The molecule has 1 aromatic rings. The van der Waals surface area contributed by atoms with Crippen LogP contribution in [0, 0.1) is 18.1 Å². The van der Waals surface area contributed by atoms with E-state index in [0.29, 0.717) is 11.1 Å². The second-order valence-corrected chi connectivity index (χ2v) is 5.54. The first-order valence-electron chi connectivity index (χ1n) is 6.08. The molecule has 0 radical (unpaired) electrons. The summed E-state index contributed by atoms with van der Waals surface area (Å²) >= 11 is 2.02. The van der Waals surface area contributed by atoms with Crippen LogP contribution in [0.2, 0.25) is 0 Å². The van der Waals surface area contributed by atoms with Crippen LogP contribution in [-0.4, -0.2) is 35.3 Å². The molecule has 1 heterocycles. The Bertz CT molecular complexity index is 627. The first-order valence-corrected chi connectivity index (χ1v) is 9.44. The van der Waals surface area contributed by atoms with Gasteiger partial charge in [0.25, 0.3) is 5.91 Å². The Hall–Kier alpha value is -1.51. The van der Waals surface area contributed by atoms with Crippen molar-refractivity contribution in [2.45, 2.75) is 13.8 Å². The zero-order valence-electron chi connectivity index (χ0n) is 11.8. The van der Waals surface area contributed by atoms with Crippen LogP contribution < -0.4 is 10.2 Å². The average molecular weight is 436 g/mol. The smallest absolute Gasteiger partial charge is 0.325 e. The van der Waals surface area contributed by atoms with Crippen molar-refractivity contribution in [3.63, 3.8) is 0 Å². The van der Waals surface area contributed by atoms with Crippen molar-refractivity contribution < 1.29 is 24.5 Å². The number of amides is 1. The number of hydrogen-bond acceptors (Lipinski definition) is 7. The fourth-order valence-corrected chi connectivity index (χ4v) is 1.99. The maximum Gasteiger partial charge on any atom is 0.325 e. The highest BCUT2D eigenvalue weighted by atomic mass is 127. The largest absolute Gasteiger partial charge is 0.465 e. The van der Waals surface area contributed by atoms with Crippen molar-refractivity contribution >= 4 is 42.0 Å². The highest BCUT2D eigenvalue weighted by Crippen LogP contribution is 2.24. The lowest BCUT2D eigenvalue weighted by molar-refractivity contribution is -0.141. The minimum absolute atomic E-state index is 0.105. The van der Waals surface area contributed by atoms with Crippen molar-refractivity contribution in [2.75, 3.05) is 13.2 Å². The van der Waals surface area contributed by atoms with E-state index in [1.165, 1.54) is 15.1 Å². The summed E-state index contributed by atoms with van der Waals surface area (Å²) in [5, 5.41) is 14.1. The van der Waals surface area contributed by atoms with Gasteiger partial charge in [0.1, 0.15) is 6.54 Å². The first kappa shape index (κ1) is 18.5. The number of aromatic nitrogens is 1. The molecule has 0 aliphatic carbocycles. The van der Waals surface area contributed by atoms with Gasteiger partial charge in [-0.3, -0.25) is 9.59 Å². The number of ether oxygens (including phenoxy) is 1. The average Bonchev–Trinajstić information content (AvgIpc) is 2.51. The molecular formula is C13H13IN2O5S. The van der Waals surface area contributed by atoms with E-state index in [2.05, 4.69) is 26.4 Å². The van der Waals surface area contributed by atoms with Crippen LogP contribution in [0.1, 0.15) is 28.5 Å². The molecule has 0 aliphatic heterocycles. The van der Waals surface area contributed by atoms with E-state index in [-0.39, 0.29) is 24.6 Å². The standard InChI is InChI=1S/C13H13IN2O5S/c1-3-20-10(17)7-16-13(18)11-12(21-19)8(2)9(6-15-11)4-5-22-14/h6,19H,3,7H2,1-2H3,(H,16,18). The summed E-state index contributed by atoms with van der Waals surface area (Å²) in [6.07, 6.45) is 1.40. The van der Waals surface area contributed by atoms with E-state index in [0.717, 1.165) is 0 Å². The molecule has 1 amide bonds. The molecule has 7 nitrogen and oxygen atoms in total. The fraction of sp³-hybridized carbons (Fsp3) is 0.308. The van der Waals surface area contributed by atoms with Crippen LogP contribution in [0.3, 0.4) is 0 Å². The summed E-state index contributed by atoms with van der Waals surface area (Å²) in [4.78, 5) is 31.4. The highest BCUT2D eigenvalue weighted by molar-refractivity contribution is 14.2. The third kappa shape index (κ3) is 5.04. The highest BCUT2D eigenvalue weighted by Gasteiger charge is 2.20. The molecule has 22 heavy (non-hydrogen) atoms. The van der Waals surface area contributed by atoms with E-state index in [1.54, 1.807) is 13.8 Å². The number of nitrogens with one attached hydrogen (secondary N) is 1. The van der Waals surface area contributed by atoms with Crippen molar-refractivity contribution in [1.29, 1.82) is 0 Å². The van der Waals surface area contributed by atoms with Gasteiger partial charge >= 0.3 is 5.97 Å². The van der Waals surface area contributed by atoms with E-state index in [4.69, 9.17) is 9.99 Å². The zero-order chi connectivity index (χ0) is 16.5. The van der Waals surface area contributed by atoms with Crippen LogP contribution in [-0.2, 0) is 9.53 Å². The quantitative estimate of drug-likeness (QED) is 0.239. The van der Waals surface area contributed by atoms with E-state index in [1.807, 2.05) is 21.2 Å². The van der Waals surface area contributed by atoms with Gasteiger partial charge in [-0.15, -0.1) is 0 Å². The normalized spacial score (nSPS) is 9.45. The number of nitrogens with zero attached hydrogens (tertiary/aromatic N) is 1. The van der Waals surface area contributed by atoms with Gasteiger partial charge in [0.05, 0.1) is 12.2 Å². The van der Waals surface area contributed by atoms with Crippen LogP contribution in [0.5, 0.6) is 5.75 Å². The summed E-state index contributed by atoms with van der Waals surface area (Å²) in [6.45, 7) is 3.22. The number of esters is 1. The summed E-state index contributed by atoms with van der Waals surface area (Å²) in [5.74, 6) is 1.48. The molecule has 0 atom stereocenters. The number of rotatable bonds is 5. The van der Waals surface area contributed by atoms with E-state index >= 15 is 0 Å². The Morgan fingerprint density at radius 2 is 2.27 bits per heavy atom. The molecule has 1 rings (SSSR count). The molecule has 0 fully saturated rings. The van der Waals surface area contributed by atoms with Crippen molar-refractivity contribution in [1.82, 2.24) is 10.3 Å². The maximum atomic E-state index is 12.0. The van der Waals surface area contributed by atoms with Gasteiger partial charge in [0.2, 0.25) is 5.75 Å². The first-order chi connectivity index (χ1) is 10.5. The van der Waals surface area contributed by atoms with Crippen LogP contribution in [0.4, 0.5) is 0 Å². The Morgan fingerprint density at radius 3 is 2.86 bits per heavy atom. The van der Waals surface area contributed by atoms with Crippen molar-refractivity contribution in [3.05, 3.63) is 23.0 Å².